The molecule has 0 aromatic carbocycles. The van der Waals surface area contributed by atoms with Crippen molar-refractivity contribution in [2.75, 3.05) is 0 Å². The molecule has 0 aliphatic heterocycles. The summed E-state index contributed by atoms with van der Waals surface area (Å²) in [7, 11) is 0. The lowest BCUT2D eigenvalue weighted by atomic mass is 9.99. The molecule has 72 valence electrons. The van der Waals surface area contributed by atoms with Gasteiger partial charge in [0.2, 0.25) is 0 Å². The molecule has 1 unspecified atom stereocenters. The third-order valence-electron chi connectivity index (χ3n) is 1.44. The van der Waals surface area contributed by atoms with Crippen LogP contribution in [0.4, 0.5) is 0 Å². The number of rotatable bonds is 0. The molecule has 12 heavy (non-hydrogen) atoms. The highest BCUT2D eigenvalue weighted by Crippen LogP contribution is 2.14. The van der Waals surface area contributed by atoms with E-state index in [-0.39, 0.29) is 0 Å². The van der Waals surface area contributed by atoms with Crippen LogP contribution in [0.1, 0.15) is 48.0 Å². The first-order valence-corrected chi connectivity index (χ1v) is 5.14. The molecule has 1 aliphatic rings. The van der Waals surface area contributed by atoms with Crippen molar-refractivity contribution < 1.29 is 0 Å². The topological polar surface area (TPSA) is 0 Å². The summed E-state index contributed by atoms with van der Waals surface area (Å²) in [6.07, 6.45) is 7.94. The van der Waals surface area contributed by atoms with Crippen LogP contribution in [0.25, 0.3) is 0 Å². The summed E-state index contributed by atoms with van der Waals surface area (Å²) in [6, 6.07) is 0. The molecule has 0 saturated heterocycles. The Morgan fingerprint density at radius 2 is 1.67 bits per heavy atom. The van der Waals surface area contributed by atoms with Crippen LogP contribution in [0.2, 0.25) is 0 Å². The van der Waals surface area contributed by atoms with E-state index in [1.54, 1.807) is 0 Å². The number of hydrogen-bond donors (Lipinski definition) is 0. The molecule has 0 saturated carbocycles. The van der Waals surface area contributed by atoms with Gasteiger partial charge in [0.25, 0.3) is 0 Å². The van der Waals surface area contributed by atoms with Gasteiger partial charge in [-0.05, 0) is 19.3 Å². The lowest BCUT2D eigenvalue weighted by Crippen LogP contribution is -1.91. The first kappa shape index (κ1) is 14.0. The Labute approximate surface area is 78.4 Å². The molecule has 1 atom stereocenters. The zero-order valence-electron chi connectivity index (χ0n) is 9.52. The summed E-state index contributed by atoms with van der Waals surface area (Å²) in [5.41, 5.74) is 1.41. The van der Waals surface area contributed by atoms with Gasteiger partial charge in [-0.1, -0.05) is 58.4 Å². The number of allylic oxidation sites excluding steroid dienone is 4. The van der Waals surface area contributed by atoms with Crippen LogP contribution in [-0.4, -0.2) is 0 Å². The maximum Gasteiger partial charge on any atom is -0.0222 e. The summed E-state index contributed by atoms with van der Waals surface area (Å²) >= 11 is 0. The van der Waals surface area contributed by atoms with Crippen molar-refractivity contribution in [1.29, 1.82) is 0 Å². The van der Waals surface area contributed by atoms with Crippen molar-refractivity contribution in [3.8, 4) is 0 Å². The SMILES string of the molecule is CC.CC.CC1=CC(C)CC=C1. The minimum absolute atomic E-state index is 0.764. The molecule has 1 aliphatic carbocycles. The zero-order chi connectivity index (χ0) is 9.98. The van der Waals surface area contributed by atoms with Crippen LogP contribution in [0.3, 0.4) is 0 Å². The smallest absolute Gasteiger partial charge is 0.0222 e. The predicted octanol–water partition coefficient (Wildman–Crippen LogP) is 4.58. The molecule has 0 spiro atoms. The fourth-order valence-electron chi connectivity index (χ4n) is 1.04. The van der Waals surface area contributed by atoms with Crippen molar-refractivity contribution in [2.45, 2.75) is 48.0 Å². The summed E-state index contributed by atoms with van der Waals surface area (Å²) < 4.78 is 0. The maximum absolute atomic E-state index is 2.31. The second kappa shape index (κ2) is 10.5. The molecule has 0 heteroatoms. The van der Waals surface area contributed by atoms with Crippen molar-refractivity contribution in [3.05, 3.63) is 23.8 Å². The Bertz CT molecular complexity index is 129. The average molecular weight is 168 g/mol. The van der Waals surface area contributed by atoms with Gasteiger partial charge in [0, 0.05) is 0 Å². The Morgan fingerprint density at radius 3 is 1.92 bits per heavy atom. The van der Waals surface area contributed by atoms with E-state index in [4.69, 9.17) is 0 Å². The van der Waals surface area contributed by atoms with E-state index in [0.29, 0.717) is 0 Å². The molecule has 0 radical (unpaired) electrons. The Morgan fingerprint density at radius 1 is 1.17 bits per heavy atom. The van der Waals surface area contributed by atoms with Crippen molar-refractivity contribution in [1.82, 2.24) is 0 Å². The summed E-state index contributed by atoms with van der Waals surface area (Å²) in [6.45, 7) is 12.4. The normalized spacial score (nSPS) is 19.5. The molecular formula is C12H24. The third-order valence-corrected chi connectivity index (χ3v) is 1.44. The first-order valence-electron chi connectivity index (χ1n) is 5.14. The highest BCUT2D eigenvalue weighted by Gasteiger charge is 1.98. The van der Waals surface area contributed by atoms with Crippen molar-refractivity contribution >= 4 is 0 Å². The number of hydrogen-bond acceptors (Lipinski definition) is 0. The average Bonchev–Trinajstić information content (AvgIpc) is 2.11. The lowest BCUT2D eigenvalue weighted by molar-refractivity contribution is 0.729. The predicted molar refractivity (Wildman–Crippen MR) is 59.4 cm³/mol. The van der Waals surface area contributed by atoms with Gasteiger partial charge in [-0.2, -0.15) is 0 Å². The van der Waals surface area contributed by atoms with Crippen LogP contribution >= 0.6 is 0 Å². The van der Waals surface area contributed by atoms with E-state index in [9.17, 15) is 0 Å². The van der Waals surface area contributed by atoms with Gasteiger partial charge in [0.15, 0.2) is 0 Å². The molecular weight excluding hydrogens is 144 g/mol. The van der Waals surface area contributed by atoms with Crippen LogP contribution in [0.5, 0.6) is 0 Å². The molecule has 0 amide bonds. The van der Waals surface area contributed by atoms with Gasteiger partial charge >= 0.3 is 0 Å². The Hall–Kier alpha value is -0.520. The molecule has 1 rings (SSSR count). The largest absolute Gasteiger partial charge is 0.0837 e. The Kier molecular flexibility index (Phi) is 12.3. The van der Waals surface area contributed by atoms with Gasteiger partial charge < -0.3 is 0 Å². The summed E-state index contributed by atoms with van der Waals surface area (Å²) in [5, 5.41) is 0. The van der Waals surface area contributed by atoms with Gasteiger partial charge in [-0.25, -0.2) is 0 Å². The highest BCUT2D eigenvalue weighted by molar-refractivity contribution is 5.20. The minimum Gasteiger partial charge on any atom is -0.0837 e. The monoisotopic (exact) mass is 168 g/mol. The molecule has 0 nitrogen and oxygen atoms in total. The lowest BCUT2D eigenvalue weighted by Gasteiger charge is -2.07. The standard InChI is InChI=1S/C8H12.2C2H6/c1-7-4-3-5-8(2)6-7;2*1-2/h3-4,6,8H,5H2,1-2H3;2*1-2H3. The van der Waals surface area contributed by atoms with Gasteiger partial charge in [0.05, 0.1) is 0 Å². The quantitative estimate of drug-likeness (QED) is 0.496. The highest BCUT2D eigenvalue weighted by atomic mass is 14.0. The molecule has 0 aromatic rings. The first-order chi connectivity index (χ1) is 5.79. The van der Waals surface area contributed by atoms with E-state index in [1.165, 1.54) is 12.0 Å². The van der Waals surface area contributed by atoms with Crippen molar-refractivity contribution in [3.63, 3.8) is 0 Å². The third kappa shape index (κ3) is 7.59. The van der Waals surface area contributed by atoms with Crippen LogP contribution in [-0.2, 0) is 0 Å². The van der Waals surface area contributed by atoms with Crippen LogP contribution in [0.15, 0.2) is 23.8 Å². The van der Waals surface area contributed by atoms with E-state index in [1.807, 2.05) is 27.7 Å². The fraction of sp³-hybridized carbons (Fsp3) is 0.667. The maximum atomic E-state index is 2.31. The van der Waals surface area contributed by atoms with E-state index in [2.05, 4.69) is 32.1 Å². The fourth-order valence-corrected chi connectivity index (χ4v) is 1.04. The Balaban J connectivity index is 0. The second-order valence-electron chi connectivity index (χ2n) is 2.53. The van der Waals surface area contributed by atoms with Crippen LogP contribution in [0, 0.1) is 5.92 Å². The van der Waals surface area contributed by atoms with Gasteiger partial charge in [-0.15, -0.1) is 0 Å². The van der Waals surface area contributed by atoms with Gasteiger partial charge in [0.1, 0.15) is 0 Å². The zero-order valence-corrected chi connectivity index (χ0v) is 9.52. The van der Waals surface area contributed by atoms with Crippen molar-refractivity contribution in [2.24, 2.45) is 5.92 Å². The van der Waals surface area contributed by atoms with Gasteiger partial charge in [-0.3, -0.25) is 0 Å². The summed E-state index contributed by atoms with van der Waals surface area (Å²) in [5.74, 6) is 0.764. The van der Waals surface area contributed by atoms with E-state index in [0.717, 1.165) is 5.92 Å². The summed E-state index contributed by atoms with van der Waals surface area (Å²) in [4.78, 5) is 0. The molecule has 0 fully saturated rings. The molecule has 0 aromatic heterocycles. The molecule has 0 N–H and O–H groups in total. The minimum atomic E-state index is 0.764. The molecule has 0 heterocycles. The second-order valence-corrected chi connectivity index (χ2v) is 2.53. The van der Waals surface area contributed by atoms with E-state index < -0.39 is 0 Å². The van der Waals surface area contributed by atoms with Crippen LogP contribution < -0.4 is 0 Å². The molecule has 0 bridgehead atoms. The van der Waals surface area contributed by atoms with E-state index >= 15 is 0 Å².